The molecule has 31 heavy (non-hydrogen) atoms. The number of carbonyl (C=O) groups is 2. The summed E-state index contributed by atoms with van der Waals surface area (Å²) in [7, 11) is 1.91. The Kier molecular flexibility index (Phi) is 5.56. The van der Waals surface area contributed by atoms with Gasteiger partial charge in [-0.3, -0.25) is 9.69 Å². The maximum absolute atomic E-state index is 13.3. The minimum Gasteiger partial charge on any atom is -0.319 e. The van der Waals surface area contributed by atoms with E-state index in [1.165, 1.54) is 11.2 Å². The van der Waals surface area contributed by atoms with E-state index in [1.807, 2.05) is 80.4 Å². The molecule has 0 aliphatic carbocycles. The molecule has 0 bridgehead atoms. The van der Waals surface area contributed by atoms with Crippen molar-refractivity contribution in [2.24, 2.45) is 0 Å². The van der Waals surface area contributed by atoms with Gasteiger partial charge in [-0.15, -0.1) is 0 Å². The number of benzene rings is 2. The van der Waals surface area contributed by atoms with Crippen molar-refractivity contribution in [3.05, 3.63) is 78.4 Å². The van der Waals surface area contributed by atoms with E-state index in [9.17, 15) is 9.59 Å². The Balaban J connectivity index is 1.49. The molecule has 1 aliphatic rings. The fraction of sp³-hybridized carbons (Fsp3) is 0.304. The molecule has 2 aromatic carbocycles. The molecule has 2 atom stereocenters. The molecule has 3 aromatic rings. The van der Waals surface area contributed by atoms with Gasteiger partial charge < -0.3 is 5.32 Å². The maximum atomic E-state index is 13.3. The van der Waals surface area contributed by atoms with E-state index in [0.717, 1.165) is 16.8 Å². The van der Waals surface area contributed by atoms with Gasteiger partial charge in [-0.05, 0) is 43.7 Å². The molecular formula is C23H26N6O2. The van der Waals surface area contributed by atoms with Crippen molar-refractivity contribution in [2.45, 2.75) is 31.8 Å². The lowest BCUT2D eigenvalue weighted by Gasteiger charge is -2.30. The number of hydrogen-bond acceptors (Lipinski definition) is 5. The van der Waals surface area contributed by atoms with Crippen molar-refractivity contribution < 1.29 is 9.59 Å². The van der Waals surface area contributed by atoms with E-state index in [-0.39, 0.29) is 24.6 Å². The fourth-order valence-corrected chi connectivity index (χ4v) is 3.96. The molecule has 1 aliphatic heterocycles. The molecule has 0 radical (unpaired) electrons. The van der Waals surface area contributed by atoms with Gasteiger partial charge in [0.05, 0.1) is 12.4 Å². The Morgan fingerprint density at radius 3 is 2.42 bits per heavy atom. The number of urea groups is 1. The monoisotopic (exact) mass is 418 g/mol. The topological polar surface area (TPSA) is 83.4 Å². The molecule has 8 heteroatoms. The average molecular weight is 419 g/mol. The molecular weight excluding hydrogens is 392 g/mol. The average Bonchev–Trinajstić information content (AvgIpc) is 3.42. The number of nitrogens with one attached hydrogen (secondary N) is 1. The summed E-state index contributed by atoms with van der Waals surface area (Å²) < 4.78 is 1.69. The van der Waals surface area contributed by atoms with Gasteiger partial charge in [-0.2, -0.15) is 5.10 Å². The predicted molar refractivity (Wildman–Crippen MR) is 116 cm³/mol. The first-order valence-electron chi connectivity index (χ1n) is 10.3. The zero-order chi connectivity index (χ0) is 22.0. The van der Waals surface area contributed by atoms with E-state index < -0.39 is 5.54 Å². The largest absolute Gasteiger partial charge is 0.326 e. The Morgan fingerprint density at radius 1 is 1.10 bits per heavy atom. The van der Waals surface area contributed by atoms with Crippen LogP contribution in [-0.2, 0) is 10.3 Å². The van der Waals surface area contributed by atoms with Crippen LogP contribution in [0.2, 0.25) is 0 Å². The maximum Gasteiger partial charge on any atom is 0.326 e. The second-order valence-corrected chi connectivity index (χ2v) is 7.79. The lowest BCUT2D eigenvalue weighted by Crippen LogP contribution is -2.45. The van der Waals surface area contributed by atoms with Crippen molar-refractivity contribution in [1.82, 2.24) is 29.9 Å². The molecule has 1 N–H and O–H groups in total. The first kappa shape index (κ1) is 20.7. The highest BCUT2D eigenvalue weighted by Crippen LogP contribution is 2.33. The van der Waals surface area contributed by atoms with Crippen LogP contribution in [0, 0.1) is 0 Å². The second-order valence-electron chi connectivity index (χ2n) is 7.79. The lowest BCUT2D eigenvalue weighted by atomic mass is 9.87. The van der Waals surface area contributed by atoms with Gasteiger partial charge >= 0.3 is 6.03 Å². The highest BCUT2D eigenvalue weighted by atomic mass is 16.2. The standard InChI is InChI=1S/C23H26N6O2/c1-4-23(19-8-6-5-7-9-19)21(30)28(22(31)26-23)16-27(3)17(2)18-10-12-20(13-11-18)29-15-24-14-25-29/h5-15,17H,4,16H2,1-3H3,(H,26,31)/t17-,23+/m0/s1. The Bertz CT molecular complexity index is 1050. The highest BCUT2D eigenvalue weighted by molar-refractivity contribution is 6.07. The second kappa shape index (κ2) is 8.31. The number of imide groups is 1. The number of hydrogen-bond donors (Lipinski definition) is 1. The lowest BCUT2D eigenvalue weighted by molar-refractivity contribution is -0.133. The molecule has 1 saturated heterocycles. The van der Waals surface area contributed by atoms with Crippen LogP contribution in [0.5, 0.6) is 0 Å². The number of carbonyl (C=O) groups excluding carboxylic acids is 2. The van der Waals surface area contributed by atoms with Crippen molar-refractivity contribution in [1.29, 1.82) is 0 Å². The van der Waals surface area contributed by atoms with Gasteiger partial charge in [0.15, 0.2) is 0 Å². The SMILES string of the molecule is CC[C@]1(c2ccccc2)NC(=O)N(CN(C)[C@@H](C)c2ccc(-n3cncn3)cc2)C1=O. The molecule has 160 valence electrons. The van der Waals surface area contributed by atoms with Crippen LogP contribution in [0.25, 0.3) is 5.69 Å². The number of nitrogens with zero attached hydrogens (tertiary/aromatic N) is 5. The Hall–Kier alpha value is -3.52. The van der Waals surface area contributed by atoms with Crippen LogP contribution >= 0.6 is 0 Å². The molecule has 4 rings (SSSR count). The molecule has 2 heterocycles. The minimum absolute atomic E-state index is 0.00116. The normalized spacial score (nSPS) is 19.7. The summed E-state index contributed by atoms with van der Waals surface area (Å²) in [5.74, 6) is -0.216. The summed E-state index contributed by atoms with van der Waals surface area (Å²) in [6.07, 6.45) is 3.63. The quantitative estimate of drug-likeness (QED) is 0.596. The van der Waals surface area contributed by atoms with Crippen molar-refractivity contribution in [2.75, 3.05) is 13.7 Å². The van der Waals surface area contributed by atoms with Gasteiger partial charge in [0.1, 0.15) is 18.2 Å². The molecule has 0 spiro atoms. The third kappa shape index (κ3) is 3.70. The van der Waals surface area contributed by atoms with Crippen LogP contribution in [-0.4, -0.2) is 50.2 Å². The van der Waals surface area contributed by atoms with Crippen molar-refractivity contribution >= 4 is 11.9 Å². The van der Waals surface area contributed by atoms with E-state index in [1.54, 1.807) is 11.0 Å². The summed E-state index contributed by atoms with van der Waals surface area (Å²) in [5, 5.41) is 7.07. The zero-order valence-corrected chi connectivity index (χ0v) is 17.9. The minimum atomic E-state index is -1.01. The molecule has 8 nitrogen and oxygen atoms in total. The summed E-state index contributed by atoms with van der Waals surface area (Å²) in [5.41, 5.74) is 1.78. The molecule has 0 unspecified atom stereocenters. The van der Waals surface area contributed by atoms with Crippen molar-refractivity contribution in [3.63, 3.8) is 0 Å². The van der Waals surface area contributed by atoms with Crippen LogP contribution in [0.4, 0.5) is 4.79 Å². The first-order chi connectivity index (χ1) is 15.0. The van der Waals surface area contributed by atoms with Gasteiger partial charge in [0.2, 0.25) is 0 Å². The van der Waals surface area contributed by atoms with Crippen LogP contribution < -0.4 is 5.32 Å². The predicted octanol–water partition coefficient (Wildman–Crippen LogP) is 3.07. The van der Waals surface area contributed by atoms with Crippen molar-refractivity contribution in [3.8, 4) is 5.69 Å². The Morgan fingerprint density at radius 2 is 1.81 bits per heavy atom. The fourth-order valence-electron chi connectivity index (χ4n) is 3.96. The number of rotatable bonds is 7. The van der Waals surface area contributed by atoms with Crippen LogP contribution in [0.15, 0.2) is 67.3 Å². The van der Waals surface area contributed by atoms with Gasteiger partial charge in [-0.25, -0.2) is 19.4 Å². The summed E-state index contributed by atoms with van der Waals surface area (Å²) in [6, 6.07) is 17.0. The third-order valence-corrected chi connectivity index (χ3v) is 6.06. The molecule has 1 fully saturated rings. The number of amides is 3. The van der Waals surface area contributed by atoms with Crippen LogP contribution in [0.1, 0.15) is 37.4 Å². The third-order valence-electron chi connectivity index (χ3n) is 6.06. The molecule has 0 saturated carbocycles. The van der Waals surface area contributed by atoms with E-state index >= 15 is 0 Å². The molecule has 3 amide bonds. The van der Waals surface area contributed by atoms with Gasteiger partial charge in [0.25, 0.3) is 5.91 Å². The zero-order valence-electron chi connectivity index (χ0n) is 17.9. The van der Waals surface area contributed by atoms with E-state index in [2.05, 4.69) is 15.4 Å². The summed E-state index contributed by atoms with van der Waals surface area (Å²) in [4.78, 5) is 33.3. The number of aromatic nitrogens is 3. The van der Waals surface area contributed by atoms with Crippen LogP contribution in [0.3, 0.4) is 0 Å². The smallest absolute Gasteiger partial charge is 0.319 e. The van der Waals surface area contributed by atoms with Gasteiger partial charge in [-0.1, -0.05) is 49.4 Å². The van der Waals surface area contributed by atoms with Gasteiger partial charge in [0, 0.05) is 6.04 Å². The first-order valence-corrected chi connectivity index (χ1v) is 10.3. The molecule has 1 aromatic heterocycles. The van der Waals surface area contributed by atoms with E-state index in [4.69, 9.17) is 0 Å². The summed E-state index contributed by atoms with van der Waals surface area (Å²) in [6.45, 7) is 4.16. The van der Waals surface area contributed by atoms with E-state index in [0.29, 0.717) is 6.42 Å². The highest BCUT2D eigenvalue weighted by Gasteiger charge is 2.51. The summed E-state index contributed by atoms with van der Waals surface area (Å²) >= 11 is 0. The Labute approximate surface area is 181 Å².